The van der Waals surface area contributed by atoms with Crippen molar-refractivity contribution in [3.05, 3.63) is 34.6 Å². The van der Waals surface area contributed by atoms with Crippen molar-refractivity contribution in [3.63, 3.8) is 0 Å². The number of ether oxygens (including phenoxy) is 1. The van der Waals surface area contributed by atoms with Crippen LogP contribution >= 0.6 is 11.6 Å². The van der Waals surface area contributed by atoms with Gasteiger partial charge in [-0.25, -0.2) is 4.39 Å². The number of carbonyl (C=O) groups excluding carboxylic acids is 1. The molecule has 1 rings (SSSR count). The molecule has 0 aromatic heterocycles. The third-order valence-corrected chi connectivity index (χ3v) is 2.91. The first kappa shape index (κ1) is 14.0. The smallest absolute Gasteiger partial charge is 0.313 e. The molecule has 1 unspecified atom stereocenters. The molecule has 0 heterocycles. The summed E-state index contributed by atoms with van der Waals surface area (Å²) in [5, 5.41) is 0.324. The Morgan fingerprint density at radius 3 is 2.76 bits per heavy atom. The molecular weight excluding hydrogens is 243 g/mol. The van der Waals surface area contributed by atoms with Crippen LogP contribution in [0.3, 0.4) is 0 Å². The maximum Gasteiger partial charge on any atom is 0.313 e. The molecule has 0 amide bonds. The zero-order valence-corrected chi connectivity index (χ0v) is 10.8. The number of benzene rings is 1. The van der Waals surface area contributed by atoms with Gasteiger partial charge in [0.05, 0.1) is 13.0 Å². The number of hydrogen-bond donors (Lipinski definition) is 0. The van der Waals surface area contributed by atoms with Crippen molar-refractivity contribution in [1.29, 1.82) is 0 Å². The van der Waals surface area contributed by atoms with E-state index in [2.05, 4.69) is 0 Å². The minimum atomic E-state index is -0.544. The molecular formula is C13H16ClFO2. The number of methoxy groups -OCH3 is 1. The summed E-state index contributed by atoms with van der Waals surface area (Å²) in [6.07, 6.45) is 2.38. The van der Waals surface area contributed by atoms with E-state index in [4.69, 9.17) is 16.3 Å². The van der Waals surface area contributed by atoms with Crippen LogP contribution in [0.5, 0.6) is 0 Å². The monoisotopic (exact) mass is 258 g/mol. The zero-order chi connectivity index (χ0) is 12.8. The lowest BCUT2D eigenvalue weighted by atomic mass is 9.93. The molecule has 2 nitrogen and oxygen atoms in total. The van der Waals surface area contributed by atoms with Crippen LogP contribution in [0.4, 0.5) is 4.39 Å². The lowest BCUT2D eigenvalue weighted by Gasteiger charge is -2.15. The van der Waals surface area contributed by atoms with E-state index in [0.717, 1.165) is 12.8 Å². The van der Waals surface area contributed by atoms with Gasteiger partial charge in [0.25, 0.3) is 0 Å². The molecule has 0 bridgehead atoms. The standard InChI is InChI=1S/C13H16ClFO2/c1-3-4-5-11(13(16)17-2)10-7-6-9(14)8-12(10)15/h6-8,11H,3-5H2,1-2H3. The van der Waals surface area contributed by atoms with Gasteiger partial charge in [-0.15, -0.1) is 0 Å². The fourth-order valence-corrected chi connectivity index (χ4v) is 1.89. The molecule has 0 radical (unpaired) electrons. The average Bonchev–Trinajstić information content (AvgIpc) is 2.31. The summed E-state index contributed by atoms with van der Waals surface area (Å²) < 4.78 is 18.4. The first-order valence-corrected chi connectivity index (χ1v) is 6.00. The van der Waals surface area contributed by atoms with Crippen LogP contribution in [0.2, 0.25) is 5.02 Å². The van der Waals surface area contributed by atoms with Crippen molar-refractivity contribution >= 4 is 17.6 Å². The molecule has 0 saturated carbocycles. The normalized spacial score (nSPS) is 12.2. The molecule has 0 fully saturated rings. The zero-order valence-electron chi connectivity index (χ0n) is 10.0. The van der Waals surface area contributed by atoms with E-state index >= 15 is 0 Å². The van der Waals surface area contributed by atoms with Crippen LogP contribution < -0.4 is 0 Å². The largest absolute Gasteiger partial charge is 0.469 e. The van der Waals surface area contributed by atoms with E-state index in [1.165, 1.54) is 13.2 Å². The Hall–Kier alpha value is -1.09. The van der Waals surface area contributed by atoms with Crippen molar-refractivity contribution in [2.24, 2.45) is 0 Å². The topological polar surface area (TPSA) is 26.3 Å². The Kier molecular flexibility index (Phi) is 5.42. The second-order valence-corrected chi connectivity index (χ2v) is 4.32. The summed E-state index contributed by atoms with van der Waals surface area (Å²) >= 11 is 5.68. The van der Waals surface area contributed by atoms with Gasteiger partial charge in [0.15, 0.2) is 0 Å². The lowest BCUT2D eigenvalue weighted by Crippen LogP contribution is -2.15. The quantitative estimate of drug-likeness (QED) is 0.748. The summed E-state index contributed by atoms with van der Waals surface area (Å²) in [4.78, 5) is 11.6. The maximum absolute atomic E-state index is 13.7. The fourth-order valence-electron chi connectivity index (χ4n) is 1.73. The second kappa shape index (κ2) is 6.60. The number of carbonyl (C=O) groups is 1. The predicted molar refractivity (Wildman–Crippen MR) is 65.7 cm³/mol. The molecule has 17 heavy (non-hydrogen) atoms. The highest BCUT2D eigenvalue weighted by Crippen LogP contribution is 2.27. The minimum absolute atomic E-state index is 0.324. The number of unbranched alkanes of at least 4 members (excludes halogenated alkanes) is 1. The van der Waals surface area contributed by atoms with E-state index in [-0.39, 0.29) is 0 Å². The molecule has 0 N–H and O–H groups in total. The summed E-state index contributed by atoms with van der Waals surface area (Å²) in [5.74, 6) is -1.40. The van der Waals surface area contributed by atoms with Gasteiger partial charge in [0.1, 0.15) is 5.82 Å². The predicted octanol–water partition coefficient (Wildman–Crippen LogP) is 3.93. The van der Waals surface area contributed by atoms with E-state index < -0.39 is 17.7 Å². The van der Waals surface area contributed by atoms with Gasteiger partial charge < -0.3 is 4.74 Å². The molecule has 1 aromatic carbocycles. The van der Waals surface area contributed by atoms with E-state index in [0.29, 0.717) is 17.0 Å². The SMILES string of the molecule is CCCCC(C(=O)OC)c1ccc(Cl)cc1F. The Balaban J connectivity index is 2.99. The Bertz CT molecular complexity index is 393. The van der Waals surface area contributed by atoms with Crippen LogP contribution in [0, 0.1) is 5.82 Å². The summed E-state index contributed by atoms with van der Waals surface area (Å²) in [5.41, 5.74) is 0.356. The lowest BCUT2D eigenvalue weighted by molar-refractivity contribution is -0.142. The van der Waals surface area contributed by atoms with Crippen LogP contribution in [0.25, 0.3) is 0 Å². The van der Waals surface area contributed by atoms with Crippen molar-refractivity contribution in [3.8, 4) is 0 Å². The summed E-state index contributed by atoms with van der Waals surface area (Å²) in [6, 6.07) is 4.36. The molecule has 4 heteroatoms. The maximum atomic E-state index is 13.7. The van der Waals surface area contributed by atoms with E-state index in [9.17, 15) is 9.18 Å². The minimum Gasteiger partial charge on any atom is -0.469 e. The van der Waals surface area contributed by atoms with Gasteiger partial charge in [-0.2, -0.15) is 0 Å². The highest BCUT2D eigenvalue weighted by atomic mass is 35.5. The van der Waals surface area contributed by atoms with Crippen molar-refractivity contribution in [2.75, 3.05) is 7.11 Å². The fraction of sp³-hybridized carbons (Fsp3) is 0.462. The second-order valence-electron chi connectivity index (χ2n) is 3.88. The molecule has 1 atom stereocenters. The van der Waals surface area contributed by atoms with Gasteiger partial charge in [-0.05, 0) is 18.6 Å². The molecule has 0 aliphatic carbocycles. The Morgan fingerprint density at radius 2 is 2.24 bits per heavy atom. The molecule has 1 aromatic rings. The van der Waals surface area contributed by atoms with Gasteiger partial charge in [0, 0.05) is 10.6 Å². The van der Waals surface area contributed by atoms with Crippen LogP contribution in [-0.2, 0) is 9.53 Å². The van der Waals surface area contributed by atoms with Crippen LogP contribution in [-0.4, -0.2) is 13.1 Å². The molecule has 0 spiro atoms. The first-order chi connectivity index (χ1) is 8.10. The van der Waals surface area contributed by atoms with E-state index in [1.54, 1.807) is 12.1 Å². The average molecular weight is 259 g/mol. The van der Waals surface area contributed by atoms with Crippen molar-refractivity contribution < 1.29 is 13.9 Å². The van der Waals surface area contributed by atoms with E-state index in [1.807, 2.05) is 6.92 Å². The van der Waals surface area contributed by atoms with Crippen LogP contribution in [0.15, 0.2) is 18.2 Å². The van der Waals surface area contributed by atoms with Gasteiger partial charge in [0.2, 0.25) is 0 Å². The number of hydrogen-bond acceptors (Lipinski definition) is 2. The third-order valence-electron chi connectivity index (χ3n) is 2.67. The van der Waals surface area contributed by atoms with Gasteiger partial charge in [-0.3, -0.25) is 4.79 Å². The summed E-state index contributed by atoms with van der Waals surface area (Å²) in [7, 11) is 1.31. The van der Waals surface area contributed by atoms with Gasteiger partial charge in [-0.1, -0.05) is 37.4 Å². The van der Waals surface area contributed by atoms with Crippen molar-refractivity contribution in [2.45, 2.75) is 32.1 Å². The van der Waals surface area contributed by atoms with Crippen LogP contribution in [0.1, 0.15) is 37.7 Å². The Morgan fingerprint density at radius 1 is 1.53 bits per heavy atom. The molecule has 94 valence electrons. The number of rotatable bonds is 5. The first-order valence-electron chi connectivity index (χ1n) is 5.63. The molecule has 0 aliphatic rings. The molecule has 0 saturated heterocycles. The van der Waals surface area contributed by atoms with Crippen molar-refractivity contribution in [1.82, 2.24) is 0 Å². The van der Waals surface area contributed by atoms with Gasteiger partial charge >= 0.3 is 5.97 Å². The molecule has 0 aliphatic heterocycles. The number of halogens is 2. The number of esters is 1. The third kappa shape index (κ3) is 3.70. The Labute approximate surface area is 106 Å². The summed E-state index contributed by atoms with van der Waals surface area (Å²) in [6.45, 7) is 2.02. The highest BCUT2D eigenvalue weighted by molar-refractivity contribution is 6.30. The highest BCUT2D eigenvalue weighted by Gasteiger charge is 2.23.